The fourth-order valence-corrected chi connectivity index (χ4v) is 1.80. The van der Waals surface area contributed by atoms with Crippen molar-refractivity contribution in [2.45, 2.75) is 18.7 Å². The Morgan fingerprint density at radius 2 is 1.88 bits per heavy atom. The van der Waals surface area contributed by atoms with E-state index in [0.717, 1.165) is 5.56 Å². The van der Waals surface area contributed by atoms with Crippen molar-refractivity contribution < 1.29 is 8.42 Å². The Hall–Kier alpha value is -1.62. The van der Waals surface area contributed by atoms with Gasteiger partial charge in [0.15, 0.2) is 0 Å². The highest BCUT2D eigenvalue weighted by atomic mass is 32.2. The molecule has 0 aliphatic rings. The van der Waals surface area contributed by atoms with Crippen LogP contribution in [0.1, 0.15) is 12.5 Å². The van der Waals surface area contributed by atoms with Gasteiger partial charge >= 0.3 is 0 Å². The second kappa shape index (κ2) is 5.46. The van der Waals surface area contributed by atoms with Gasteiger partial charge < -0.3 is 0 Å². The van der Waals surface area contributed by atoms with E-state index in [1.165, 1.54) is 6.21 Å². The molecule has 4 nitrogen and oxygen atoms in total. The Morgan fingerprint density at radius 1 is 1.25 bits per heavy atom. The monoisotopic (exact) mass is 238 g/mol. The normalized spacial score (nSPS) is 12.4. The summed E-state index contributed by atoms with van der Waals surface area (Å²) in [4.78, 5) is 2.32. The summed E-state index contributed by atoms with van der Waals surface area (Å²) >= 11 is 0. The van der Waals surface area contributed by atoms with Gasteiger partial charge in [-0.1, -0.05) is 23.8 Å². The molecule has 1 N–H and O–H groups in total. The first-order valence-electron chi connectivity index (χ1n) is 4.79. The number of rotatable bonds is 4. The molecule has 0 amide bonds. The first-order chi connectivity index (χ1) is 7.56. The van der Waals surface area contributed by atoms with E-state index in [-0.39, 0.29) is 4.90 Å². The molecule has 0 aliphatic carbocycles. The fraction of sp³-hybridized carbons (Fsp3) is 0.182. The standard InChI is InChI=1S/C11H14N2O2S/c1-3-4-9-12-13-16(14,15)11-7-5-10(2)6-8-11/h3-9,13H,1-2H3/b4-3-,12-9-. The molecule has 0 saturated carbocycles. The average molecular weight is 238 g/mol. The molecular formula is C11H14N2O2S. The Balaban J connectivity index is 2.82. The van der Waals surface area contributed by atoms with Crippen molar-refractivity contribution in [3.63, 3.8) is 0 Å². The number of allylic oxidation sites excluding steroid dienone is 2. The number of hydrazone groups is 1. The maximum atomic E-state index is 11.7. The number of nitrogens with one attached hydrogen (secondary N) is 1. The quantitative estimate of drug-likeness (QED) is 0.642. The van der Waals surface area contributed by atoms with Gasteiger partial charge in [-0.25, -0.2) is 4.83 Å². The lowest BCUT2D eigenvalue weighted by molar-refractivity contribution is 0.584. The van der Waals surface area contributed by atoms with Crippen LogP contribution >= 0.6 is 0 Å². The lowest BCUT2D eigenvalue weighted by Gasteiger charge is -2.02. The van der Waals surface area contributed by atoms with E-state index in [1.54, 1.807) is 36.4 Å². The summed E-state index contributed by atoms with van der Waals surface area (Å²) in [5.41, 5.74) is 1.01. The lowest BCUT2D eigenvalue weighted by atomic mass is 10.2. The van der Waals surface area contributed by atoms with Crippen molar-refractivity contribution in [3.05, 3.63) is 42.0 Å². The van der Waals surface area contributed by atoms with E-state index < -0.39 is 10.0 Å². The minimum atomic E-state index is -3.54. The zero-order valence-corrected chi connectivity index (χ0v) is 10.0. The second-order valence-electron chi connectivity index (χ2n) is 3.21. The zero-order valence-electron chi connectivity index (χ0n) is 9.21. The van der Waals surface area contributed by atoms with Crippen LogP contribution in [0.25, 0.3) is 0 Å². The molecule has 0 fully saturated rings. The van der Waals surface area contributed by atoms with Crippen molar-refractivity contribution in [1.29, 1.82) is 0 Å². The summed E-state index contributed by atoms with van der Waals surface area (Å²) in [5.74, 6) is 0. The van der Waals surface area contributed by atoms with Gasteiger partial charge in [-0.15, -0.1) is 0 Å². The first-order valence-corrected chi connectivity index (χ1v) is 6.27. The van der Waals surface area contributed by atoms with E-state index in [9.17, 15) is 8.42 Å². The molecule has 1 aromatic carbocycles. The number of sulfonamides is 1. The van der Waals surface area contributed by atoms with Crippen LogP contribution in [0.5, 0.6) is 0 Å². The van der Waals surface area contributed by atoms with E-state index in [2.05, 4.69) is 9.93 Å². The van der Waals surface area contributed by atoms with E-state index in [1.807, 2.05) is 13.8 Å². The highest BCUT2D eigenvalue weighted by molar-refractivity contribution is 7.89. The van der Waals surface area contributed by atoms with Gasteiger partial charge in [-0.3, -0.25) is 0 Å². The van der Waals surface area contributed by atoms with Gasteiger partial charge in [0.05, 0.1) is 4.90 Å². The molecule has 0 spiro atoms. The van der Waals surface area contributed by atoms with Crippen molar-refractivity contribution >= 4 is 16.2 Å². The summed E-state index contributed by atoms with van der Waals surface area (Å²) in [6, 6.07) is 6.57. The average Bonchev–Trinajstić information content (AvgIpc) is 2.25. The molecule has 1 aromatic rings. The molecule has 0 heterocycles. The van der Waals surface area contributed by atoms with Crippen LogP contribution in [0.15, 0.2) is 46.4 Å². The highest BCUT2D eigenvalue weighted by Crippen LogP contribution is 2.09. The molecule has 0 atom stereocenters. The molecule has 86 valence electrons. The third-order valence-electron chi connectivity index (χ3n) is 1.86. The van der Waals surface area contributed by atoms with E-state index in [4.69, 9.17) is 0 Å². The number of benzene rings is 1. The SMILES string of the molecule is C/C=C\C=N/NS(=O)(=O)c1ccc(C)cc1. The zero-order chi connectivity index (χ0) is 12.0. The van der Waals surface area contributed by atoms with Crippen LogP contribution in [0, 0.1) is 6.92 Å². The first kappa shape index (κ1) is 12.4. The molecule has 0 saturated heterocycles. The van der Waals surface area contributed by atoms with Crippen molar-refractivity contribution in [2.24, 2.45) is 5.10 Å². The number of hydrogen-bond donors (Lipinski definition) is 1. The van der Waals surface area contributed by atoms with E-state index >= 15 is 0 Å². The maximum Gasteiger partial charge on any atom is 0.276 e. The van der Waals surface area contributed by atoms with Crippen LogP contribution < -0.4 is 4.83 Å². The fourth-order valence-electron chi connectivity index (χ4n) is 0.999. The third-order valence-corrected chi connectivity index (χ3v) is 3.10. The predicted octanol–water partition coefficient (Wildman–Crippen LogP) is 1.84. The number of nitrogens with zero attached hydrogens (tertiary/aromatic N) is 1. The molecule has 0 unspecified atom stereocenters. The minimum Gasteiger partial charge on any atom is -0.200 e. The van der Waals surface area contributed by atoms with Gasteiger partial charge in [0, 0.05) is 6.21 Å². The van der Waals surface area contributed by atoms with Crippen LogP contribution in [-0.4, -0.2) is 14.6 Å². The molecule has 1 rings (SSSR count). The summed E-state index contributed by atoms with van der Waals surface area (Å²) in [6.07, 6.45) is 4.77. The van der Waals surface area contributed by atoms with Gasteiger partial charge in [0.25, 0.3) is 10.0 Å². The van der Waals surface area contributed by atoms with Gasteiger partial charge in [-0.05, 0) is 32.1 Å². The van der Waals surface area contributed by atoms with E-state index in [0.29, 0.717) is 0 Å². The van der Waals surface area contributed by atoms with Gasteiger partial charge in [0.1, 0.15) is 0 Å². The Bertz CT molecular complexity index is 487. The van der Waals surface area contributed by atoms with Crippen LogP contribution in [0.3, 0.4) is 0 Å². The summed E-state index contributed by atoms with van der Waals surface area (Å²) < 4.78 is 23.3. The smallest absolute Gasteiger partial charge is 0.200 e. The van der Waals surface area contributed by atoms with Crippen LogP contribution in [0.2, 0.25) is 0 Å². The topological polar surface area (TPSA) is 58.5 Å². The maximum absolute atomic E-state index is 11.7. The molecule has 0 radical (unpaired) electrons. The Labute approximate surface area is 95.7 Å². The second-order valence-corrected chi connectivity index (χ2v) is 4.87. The largest absolute Gasteiger partial charge is 0.276 e. The minimum absolute atomic E-state index is 0.204. The predicted molar refractivity (Wildman–Crippen MR) is 64.8 cm³/mol. The molecule has 0 aliphatic heterocycles. The molecule has 16 heavy (non-hydrogen) atoms. The van der Waals surface area contributed by atoms with Crippen molar-refractivity contribution in [2.75, 3.05) is 0 Å². The molecule has 0 aromatic heterocycles. The van der Waals surface area contributed by atoms with Crippen molar-refractivity contribution in [3.8, 4) is 0 Å². The molecular weight excluding hydrogens is 224 g/mol. The van der Waals surface area contributed by atoms with Gasteiger partial charge in [-0.2, -0.15) is 13.5 Å². The highest BCUT2D eigenvalue weighted by Gasteiger charge is 2.11. The molecule has 0 bridgehead atoms. The van der Waals surface area contributed by atoms with Crippen LogP contribution in [0.4, 0.5) is 0 Å². The summed E-state index contributed by atoms with van der Waals surface area (Å²) in [7, 11) is -3.54. The van der Waals surface area contributed by atoms with Crippen LogP contribution in [-0.2, 0) is 10.0 Å². The summed E-state index contributed by atoms with van der Waals surface area (Å²) in [6.45, 7) is 3.72. The Morgan fingerprint density at radius 3 is 2.44 bits per heavy atom. The van der Waals surface area contributed by atoms with Gasteiger partial charge in [0.2, 0.25) is 0 Å². The number of aryl methyl sites for hydroxylation is 1. The third kappa shape index (κ3) is 3.51. The lowest BCUT2D eigenvalue weighted by Crippen LogP contribution is -2.17. The Kier molecular flexibility index (Phi) is 4.25. The van der Waals surface area contributed by atoms with Crippen molar-refractivity contribution in [1.82, 2.24) is 4.83 Å². The number of hydrogen-bond acceptors (Lipinski definition) is 3. The summed E-state index contributed by atoms with van der Waals surface area (Å²) in [5, 5.41) is 3.58. The molecule has 5 heteroatoms.